The summed E-state index contributed by atoms with van der Waals surface area (Å²) in [4.78, 5) is 0. The average Bonchev–Trinajstić information content (AvgIpc) is 2.09. The molecule has 1 aromatic carbocycles. The maximum absolute atomic E-state index is 12.6. The SMILES string of the molecule is OCCNCc1ccc(F)cc1Br. The number of hydrogen-bond acceptors (Lipinski definition) is 2. The summed E-state index contributed by atoms with van der Waals surface area (Å²) in [5, 5.41) is 11.5. The molecule has 13 heavy (non-hydrogen) atoms. The number of rotatable bonds is 4. The van der Waals surface area contributed by atoms with E-state index in [9.17, 15) is 4.39 Å². The van der Waals surface area contributed by atoms with Gasteiger partial charge in [-0.1, -0.05) is 22.0 Å². The first-order valence-electron chi connectivity index (χ1n) is 3.99. The van der Waals surface area contributed by atoms with Gasteiger partial charge < -0.3 is 10.4 Å². The molecule has 2 nitrogen and oxygen atoms in total. The minimum Gasteiger partial charge on any atom is -0.395 e. The summed E-state index contributed by atoms with van der Waals surface area (Å²) in [5.74, 6) is -0.252. The monoisotopic (exact) mass is 247 g/mol. The maximum Gasteiger partial charge on any atom is 0.124 e. The molecular formula is C9H11BrFNO. The Kier molecular flexibility index (Phi) is 4.35. The van der Waals surface area contributed by atoms with Crippen LogP contribution in [0.25, 0.3) is 0 Å². The van der Waals surface area contributed by atoms with E-state index >= 15 is 0 Å². The lowest BCUT2D eigenvalue weighted by molar-refractivity contribution is 0.292. The first-order chi connectivity index (χ1) is 6.24. The molecule has 0 saturated heterocycles. The third-order valence-corrected chi connectivity index (χ3v) is 2.36. The molecule has 72 valence electrons. The number of aliphatic hydroxyl groups is 1. The quantitative estimate of drug-likeness (QED) is 0.794. The zero-order valence-electron chi connectivity index (χ0n) is 7.06. The number of halogens is 2. The molecule has 2 N–H and O–H groups in total. The number of nitrogens with one attached hydrogen (secondary N) is 1. The van der Waals surface area contributed by atoms with Gasteiger partial charge in [-0.25, -0.2) is 4.39 Å². The van der Waals surface area contributed by atoms with Crippen molar-refractivity contribution in [3.05, 3.63) is 34.1 Å². The highest BCUT2D eigenvalue weighted by Crippen LogP contribution is 2.17. The molecule has 0 aliphatic carbocycles. The molecule has 0 atom stereocenters. The fraction of sp³-hybridized carbons (Fsp3) is 0.333. The van der Waals surface area contributed by atoms with Crippen molar-refractivity contribution in [3.8, 4) is 0 Å². The Labute approximate surface area is 84.9 Å². The second-order valence-corrected chi connectivity index (χ2v) is 3.49. The second-order valence-electron chi connectivity index (χ2n) is 2.64. The number of benzene rings is 1. The molecule has 0 saturated carbocycles. The van der Waals surface area contributed by atoms with Crippen LogP contribution in [0, 0.1) is 5.82 Å². The van der Waals surface area contributed by atoms with Gasteiger partial charge in [0, 0.05) is 17.6 Å². The maximum atomic E-state index is 12.6. The normalized spacial score (nSPS) is 10.4. The van der Waals surface area contributed by atoms with Gasteiger partial charge in [0.25, 0.3) is 0 Å². The Morgan fingerprint density at radius 2 is 2.23 bits per heavy atom. The molecule has 0 heterocycles. The summed E-state index contributed by atoms with van der Waals surface area (Å²) < 4.78 is 13.4. The van der Waals surface area contributed by atoms with Crippen LogP contribution in [0.5, 0.6) is 0 Å². The van der Waals surface area contributed by atoms with Crippen molar-refractivity contribution in [1.29, 1.82) is 0 Å². The van der Waals surface area contributed by atoms with Gasteiger partial charge in [0.2, 0.25) is 0 Å². The van der Waals surface area contributed by atoms with Crippen LogP contribution < -0.4 is 5.32 Å². The summed E-state index contributed by atoms with van der Waals surface area (Å²) in [6.45, 7) is 1.28. The average molecular weight is 248 g/mol. The van der Waals surface area contributed by atoms with Crippen LogP contribution in [0.4, 0.5) is 4.39 Å². The fourth-order valence-electron chi connectivity index (χ4n) is 0.967. The van der Waals surface area contributed by atoms with Gasteiger partial charge in [0.1, 0.15) is 5.82 Å². The Bertz CT molecular complexity index is 280. The molecule has 0 aliphatic heterocycles. The molecular weight excluding hydrogens is 237 g/mol. The lowest BCUT2D eigenvalue weighted by atomic mass is 10.2. The molecule has 0 bridgehead atoms. The highest BCUT2D eigenvalue weighted by Gasteiger charge is 2.00. The molecule has 1 aromatic rings. The van der Waals surface area contributed by atoms with Crippen molar-refractivity contribution in [1.82, 2.24) is 5.32 Å². The van der Waals surface area contributed by atoms with E-state index in [2.05, 4.69) is 21.2 Å². The molecule has 0 spiro atoms. The van der Waals surface area contributed by atoms with Gasteiger partial charge >= 0.3 is 0 Å². The van der Waals surface area contributed by atoms with Crippen molar-refractivity contribution in [2.45, 2.75) is 6.54 Å². The van der Waals surface area contributed by atoms with Crippen LogP contribution in [-0.2, 0) is 6.54 Å². The molecule has 1 rings (SSSR count). The smallest absolute Gasteiger partial charge is 0.124 e. The molecule has 0 unspecified atom stereocenters. The van der Waals surface area contributed by atoms with Crippen LogP contribution in [-0.4, -0.2) is 18.3 Å². The van der Waals surface area contributed by atoms with Crippen LogP contribution in [0.15, 0.2) is 22.7 Å². The van der Waals surface area contributed by atoms with E-state index in [1.165, 1.54) is 12.1 Å². The van der Waals surface area contributed by atoms with E-state index in [4.69, 9.17) is 5.11 Å². The summed E-state index contributed by atoms with van der Waals surface area (Å²) in [6.07, 6.45) is 0. The van der Waals surface area contributed by atoms with Gasteiger partial charge in [-0.3, -0.25) is 0 Å². The van der Waals surface area contributed by atoms with Crippen LogP contribution >= 0.6 is 15.9 Å². The van der Waals surface area contributed by atoms with Crippen molar-refractivity contribution >= 4 is 15.9 Å². The van der Waals surface area contributed by atoms with Crippen molar-refractivity contribution < 1.29 is 9.50 Å². The zero-order valence-corrected chi connectivity index (χ0v) is 8.64. The predicted octanol–water partition coefficient (Wildman–Crippen LogP) is 1.67. The Morgan fingerprint density at radius 1 is 1.46 bits per heavy atom. The lowest BCUT2D eigenvalue weighted by Gasteiger charge is -2.05. The summed E-state index contributed by atoms with van der Waals surface area (Å²) >= 11 is 3.26. The van der Waals surface area contributed by atoms with E-state index in [1.807, 2.05) is 0 Å². The van der Waals surface area contributed by atoms with Gasteiger partial charge in [0.15, 0.2) is 0 Å². The fourth-order valence-corrected chi connectivity index (χ4v) is 1.46. The number of hydrogen-bond donors (Lipinski definition) is 2. The van der Waals surface area contributed by atoms with Gasteiger partial charge in [0.05, 0.1) is 6.61 Å². The molecule has 0 radical (unpaired) electrons. The summed E-state index contributed by atoms with van der Waals surface area (Å²) in [5.41, 5.74) is 0.981. The first kappa shape index (κ1) is 10.6. The third kappa shape index (κ3) is 3.42. The van der Waals surface area contributed by atoms with Crippen molar-refractivity contribution in [2.24, 2.45) is 0 Å². The van der Waals surface area contributed by atoms with E-state index in [1.54, 1.807) is 6.07 Å². The Hall–Kier alpha value is -0.450. The zero-order chi connectivity index (χ0) is 9.68. The lowest BCUT2D eigenvalue weighted by Crippen LogP contribution is -2.17. The van der Waals surface area contributed by atoms with E-state index < -0.39 is 0 Å². The van der Waals surface area contributed by atoms with E-state index in [0.717, 1.165) is 10.0 Å². The van der Waals surface area contributed by atoms with Crippen molar-refractivity contribution in [2.75, 3.05) is 13.2 Å². The molecule has 0 aliphatic rings. The highest BCUT2D eigenvalue weighted by atomic mass is 79.9. The van der Waals surface area contributed by atoms with Crippen LogP contribution in [0.2, 0.25) is 0 Å². The minimum atomic E-state index is -0.252. The standard InChI is InChI=1S/C9H11BrFNO/c10-9-5-8(11)2-1-7(9)6-12-3-4-13/h1-2,5,12-13H,3-4,6H2. The summed E-state index contributed by atoms with van der Waals surface area (Å²) in [7, 11) is 0. The minimum absolute atomic E-state index is 0.110. The second kappa shape index (κ2) is 5.32. The molecule has 4 heteroatoms. The first-order valence-corrected chi connectivity index (χ1v) is 4.79. The van der Waals surface area contributed by atoms with Gasteiger partial charge in [-0.2, -0.15) is 0 Å². The topological polar surface area (TPSA) is 32.3 Å². The van der Waals surface area contributed by atoms with Gasteiger partial charge in [-0.15, -0.1) is 0 Å². The highest BCUT2D eigenvalue weighted by molar-refractivity contribution is 9.10. The Morgan fingerprint density at radius 3 is 2.85 bits per heavy atom. The van der Waals surface area contributed by atoms with Crippen LogP contribution in [0.3, 0.4) is 0 Å². The predicted molar refractivity (Wildman–Crippen MR) is 52.9 cm³/mol. The largest absolute Gasteiger partial charge is 0.395 e. The van der Waals surface area contributed by atoms with Crippen LogP contribution in [0.1, 0.15) is 5.56 Å². The van der Waals surface area contributed by atoms with Gasteiger partial charge in [-0.05, 0) is 17.7 Å². The summed E-state index contributed by atoms with van der Waals surface area (Å²) in [6, 6.07) is 4.56. The third-order valence-electron chi connectivity index (χ3n) is 1.62. The van der Waals surface area contributed by atoms with E-state index in [-0.39, 0.29) is 12.4 Å². The molecule has 0 amide bonds. The molecule has 0 aromatic heterocycles. The van der Waals surface area contributed by atoms with Crippen molar-refractivity contribution in [3.63, 3.8) is 0 Å². The molecule has 0 fully saturated rings. The Balaban J connectivity index is 2.56. The van der Waals surface area contributed by atoms with E-state index in [0.29, 0.717) is 13.1 Å². The number of aliphatic hydroxyl groups excluding tert-OH is 1.